The number of benzene rings is 2. The first-order valence-electron chi connectivity index (χ1n) is 6.21. The molecule has 2 aromatic carbocycles. The fourth-order valence-corrected chi connectivity index (χ4v) is 2.11. The van der Waals surface area contributed by atoms with Gasteiger partial charge in [-0.25, -0.2) is 4.99 Å². The molecule has 0 aromatic heterocycles. The van der Waals surface area contributed by atoms with Crippen molar-refractivity contribution >= 4 is 17.2 Å². The summed E-state index contributed by atoms with van der Waals surface area (Å²) in [6.07, 6.45) is 3.36. The minimum atomic E-state index is 0.0402. The molecular weight excluding hydrogens is 234 g/mol. The zero-order chi connectivity index (χ0) is 13.2. The highest BCUT2D eigenvalue weighted by atomic mass is 16.1. The molecular formula is C17H13NO. The number of aliphatic imine (C=N–C) groups is 1. The van der Waals surface area contributed by atoms with Crippen molar-refractivity contribution in [3.05, 3.63) is 77.4 Å². The Morgan fingerprint density at radius 1 is 0.842 bits per heavy atom. The number of carbonyl (C=O) groups is 1. The molecule has 2 aromatic rings. The molecule has 0 spiro atoms. The van der Waals surface area contributed by atoms with E-state index in [9.17, 15) is 4.79 Å². The van der Waals surface area contributed by atoms with Crippen LogP contribution in [0, 0.1) is 6.92 Å². The Kier molecular flexibility index (Phi) is 2.84. The highest BCUT2D eigenvalue weighted by molar-refractivity contribution is 6.24. The van der Waals surface area contributed by atoms with Crippen molar-refractivity contribution in [3.63, 3.8) is 0 Å². The van der Waals surface area contributed by atoms with Crippen LogP contribution in [0.1, 0.15) is 21.5 Å². The van der Waals surface area contributed by atoms with E-state index in [2.05, 4.69) is 4.99 Å². The lowest BCUT2D eigenvalue weighted by molar-refractivity contribution is 0.104. The molecule has 1 aliphatic rings. The van der Waals surface area contributed by atoms with Crippen LogP contribution in [-0.4, -0.2) is 11.5 Å². The van der Waals surface area contributed by atoms with Crippen LogP contribution in [0.25, 0.3) is 0 Å². The Bertz CT molecular complexity index is 693. The number of carbonyl (C=O) groups excluding carboxylic acids is 1. The highest BCUT2D eigenvalue weighted by Crippen LogP contribution is 2.21. The molecule has 0 radical (unpaired) electrons. The van der Waals surface area contributed by atoms with Gasteiger partial charge in [0.15, 0.2) is 5.78 Å². The van der Waals surface area contributed by atoms with Crippen LogP contribution >= 0.6 is 0 Å². The van der Waals surface area contributed by atoms with Crippen LogP contribution in [0.2, 0.25) is 0 Å². The number of hydrogen-bond donors (Lipinski definition) is 0. The summed E-state index contributed by atoms with van der Waals surface area (Å²) in [6.45, 7) is 2.05. The Morgan fingerprint density at radius 3 is 2.26 bits per heavy atom. The second kappa shape index (κ2) is 4.65. The predicted octanol–water partition coefficient (Wildman–Crippen LogP) is 3.87. The second-order valence-corrected chi connectivity index (χ2v) is 4.58. The van der Waals surface area contributed by atoms with E-state index in [-0.39, 0.29) is 5.78 Å². The lowest BCUT2D eigenvalue weighted by atomic mass is 9.94. The van der Waals surface area contributed by atoms with Crippen molar-refractivity contribution in [1.29, 1.82) is 0 Å². The topological polar surface area (TPSA) is 29.4 Å². The van der Waals surface area contributed by atoms with Gasteiger partial charge in [-0.1, -0.05) is 42.0 Å². The minimum absolute atomic E-state index is 0.0402. The molecule has 1 aliphatic carbocycles. The molecule has 3 rings (SSSR count). The normalized spacial score (nSPS) is 15.6. The number of hydrogen-bond acceptors (Lipinski definition) is 2. The van der Waals surface area contributed by atoms with Crippen LogP contribution in [0.5, 0.6) is 0 Å². The zero-order valence-electron chi connectivity index (χ0n) is 10.6. The van der Waals surface area contributed by atoms with E-state index in [0.29, 0.717) is 0 Å². The van der Waals surface area contributed by atoms with Crippen molar-refractivity contribution in [2.24, 2.45) is 4.99 Å². The third-order valence-electron chi connectivity index (χ3n) is 3.14. The van der Waals surface area contributed by atoms with Gasteiger partial charge in [-0.05, 0) is 31.2 Å². The first-order chi connectivity index (χ1) is 9.24. The summed E-state index contributed by atoms with van der Waals surface area (Å²) in [6, 6.07) is 15.6. The lowest BCUT2D eigenvalue weighted by Gasteiger charge is -2.11. The summed E-state index contributed by atoms with van der Waals surface area (Å²) in [5.74, 6) is 0.0402. The van der Waals surface area contributed by atoms with E-state index in [0.717, 1.165) is 22.5 Å². The molecule has 0 saturated carbocycles. The van der Waals surface area contributed by atoms with Gasteiger partial charge < -0.3 is 0 Å². The van der Waals surface area contributed by atoms with Gasteiger partial charge in [0.05, 0.1) is 11.4 Å². The van der Waals surface area contributed by atoms with Crippen molar-refractivity contribution in [3.8, 4) is 0 Å². The van der Waals surface area contributed by atoms with E-state index in [1.807, 2.05) is 55.5 Å². The maximum atomic E-state index is 11.8. The molecule has 0 aliphatic heterocycles. The van der Waals surface area contributed by atoms with E-state index < -0.39 is 0 Å². The third kappa shape index (κ3) is 2.25. The Labute approximate surface area is 112 Å². The molecule has 0 N–H and O–H groups in total. The molecule has 19 heavy (non-hydrogen) atoms. The highest BCUT2D eigenvalue weighted by Gasteiger charge is 2.16. The molecule has 2 heteroatoms. The van der Waals surface area contributed by atoms with Crippen LogP contribution in [-0.2, 0) is 0 Å². The van der Waals surface area contributed by atoms with Gasteiger partial charge in [-0.3, -0.25) is 4.79 Å². The van der Waals surface area contributed by atoms with E-state index in [1.165, 1.54) is 5.56 Å². The summed E-state index contributed by atoms with van der Waals surface area (Å²) in [7, 11) is 0. The molecule has 2 nitrogen and oxygen atoms in total. The van der Waals surface area contributed by atoms with Crippen molar-refractivity contribution in [2.75, 3.05) is 0 Å². The molecule has 0 amide bonds. The summed E-state index contributed by atoms with van der Waals surface area (Å²) in [4.78, 5) is 16.4. The predicted molar refractivity (Wildman–Crippen MR) is 77.3 cm³/mol. The average molecular weight is 247 g/mol. The standard InChI is InChI=1S/C17H13NO/c1-12-6-8-13(9-7-12)18-16-10-11-17(19)15-5-3-2-4-14(15)16/h2-11H,1H3. The number of ketones is 1. The van der Waals surface area contributed by atoms with Gasteiger partial charge >= 0.3 is 0 Å². The first kappa shape index (κ1) is 11.6. The largest absolute Gasteiger partial charge is 0.289 e. The van der Waals surface area contributed by atoms with Crippen molar-refractivity contribution in [2.45, 2.75) is 6.92 Å². The monoisotopic (exact) mass is 247 g/mol. The Hall–Kier alpha value is -2.48. The summed E-state index contributed by atoms with van der Waals surface area (Å²) in [5.41, 5.74) is 4.55. The average Bonchev–Trinajstić information content (AvgIpc) is 2.45. The molecule has 0 unspecified atom stereocenters. The molecule has 0 saturated heterocycles. The smallest absolute Gasteiger partial charge is 0.186 e. The Morgan fingerprint density at radius 2 is 1.53 bits per heavy atom. The third-order valence-corrected chi connectivity index (χ3v) is 3.14. The van der Waals surface area contributed by atoms with Gasteiger partial charge in [0, 0.05) is 11.1 Å². The Balaban J connectivity index is 2.08. The van der Waals surface area contributed by atoms with Crippen LogP contribution in [0.3, 0.4) is 0 Å². The van der Waals surface area contributed by atoms with Crippen molar-refractivity contribution < 1.29 is 4.79 Å². The number of allylic oxidation sites excluding steroid dienone is 2. The summed E-state index contributed by atoms with van der Waals surface area (Å²) < 4.78 is 0. The second-order valence-electron chi connectivity index (χ2n) is 4.58. The number of fused-ring (bicyclic) bond motifs is 1. The van der Waals surface area contributed by atoms with Crippen LogP contribution in [0.4, 0.5) is 5.69 Å². The van der Waals surface area contributed by atoms with E-state index in [1.54, 1.807) is 12.2 Å². The fourth-order valence-electron chi connectivity index (χ4n) is 2.11. The van der Waals surface area contributed by atoms with Gasteiger partial charge in [-0.2, -0.15) is 0 Å². The van der Waals surface area contributed by atoms with E-state index >= 15 is 0 Å². The number of nitrogens with zero attached hydrogens (tertiary/aromatic N) is 1. The first-order valence-corrected chi connectivity index (χ1v) is 6.21. The molecule has 0 atom stereocenters. The van der Waals surface area contributed by atoms with Crippen molar-refractivity contribution in [1.82, 2.24) is 0 Å². The zero-order valence-corrected chi connectivity index (χ0v) is 10.6. The van der Waals surface area contributed by atoms with Gasteiger partial charge in [-0.15, -0.1) is 0 Å². The maximum absolute atomic E-state index is 11.8. The maximum Gasteiger partial charge on any atom is 0.186 e. The van der Waals surface area contributed by atoms with Crippen LogP contribution in [0.15, 0.2) is 65.7 Å². The van der Waals surface area contributed by atoms with E-state index in [4.69, 9.17) is 0 Å². The lowest BCUT2D eigenvalue weighted by Crippen LogP contribution is -2.11. The summed E-state index contributed by atoms with van der Waals surface area (Å²) >= 11 is 0. The quantitative estimate of drug-likeness (QED) is 0.752. The van der Waals surface area contributed by atoms with Gasteiger partial charge in [0.1, 0.15) is 0 Å². The van der Waals surface area contributed by atoms with Gasteiger partial charge in [0.2, 0.25) is 0 Å². The SMILES string of the molecule is Cc1ccc(N=C2C=CC(=O)c3ccccc32)cc1. The minimum Gasteiger partial charge on any atom is -0.289 e. The fraction of sp³-hybridized carbons (Fsp3) is 0.0588. The van der Waals surface area contributed by atoms with Gasteiger partial charge in [0.25, 0.3) is 0 Å². The summed E-state index contributed by atoms with van der Waals surface area (Å²) in [5, 5.41) is 0. The van der Waals surface area contributed by atoms with Crippen LogP contribution < -0.4 is 0 Å². The molecule has 0 fully saturated rings. The molecule has 0 bridgehead atoms. The number of rotatable bonds is 1. The molecule has 0 heterocycles. The number of aryl methyl sites for hydroxylation is 1. The molecule has 92 valence electrons.